The molecule has 7 heteroatoms. The minimum absolute atomic E-state index is 0.180. The summed E-state index contributed by atoms with van der Waals surface area (Å²) in [5, 5.41) is 0.836. The lowest BCUT2D eigenvalue weighted by molar-refractivity contribution is -0.133. The Hall–Kier alpha value is -2.80. The van der Waals surface area contributed by atoms with Crippen molar-refractivity contribution in [2.45, 2.75) is 6.54 Å². The van der Waals surface area contributed by atoms with Gasteiger partial charge in [0.25, 0.3) is 5.91 Å². The van der Waals surface area contributed by atoms with Crippen molar-refractivity contribution in [1.82, 2.24) is 14.9 Å². The van der Waals surface area contributed by atoms with Crippen LogP contribution in [0, 0.1) is 0 Å². The number of carbonyl (C=O) groups is 2. The first kappa shape index (κ1) is 16.1. The molecule has 0 radical (unpaired) electrons. The first-order valence-electron chi connectivity index (χ1n) is 7.30. The maximum absolute atomic E-state index is 12.1. The van der Waals surface area contributed by atoms with Gasteiger partial charge in [-0.3, -0.25) is 4.79 Å². The molecule has 2 aromatic heterocycles. The molecular weight excluding hydrogens is 326 g/mol. The molecule has 0 atom stereocenters. The molecule has 0 bridgehead atoms. The van der Waals surface area contributed by atoms with Gasteiger partial charge in [-0.25, -0.2) is 14.8 Å². The third kappa shape index (κ3) is 3.75. The van der Waals surface area contributed by atoms with Gasteiger partial charge in [0.2, 0.25) is 0 Å². The molecule has 122 valence electrons. The topological polar surface area (TPSA) is 72.4 Å². The van der Waals surface area contributed by atoms with Crippen LogP contribution >= 0.6 is 11.3 Å². The third-order valence-electron chi connectivity index (χ3n) is 3.34. The SMILES string of the molecule is CN(Cc1nc2ccccc2s1)C(=O)COC(=O)c1ccccn1. The molecule has 2 heterocycles. The number of para-hydroxylation sites is 1. The van der Waals surface area contributed by atoms with E-state index >= 15 is 0 Å². The van der Waals surface area contributed by atoms with E-state index in [9.17, 15) is 9.59 Å². The number of hydrogen-bond donors (Lipinski definition) is 0. The standard InChI is InChI=1S/C17H15N3O3S/c1-20(10-15-19-12-6-2-3-8-14(12)24-15)16(21)11-23-17(22)13-7-4-5-9-18-13/h2-9H,10-11H2,1H3. The zero-order valence-corrected chi connectivity index (χ0v) is 13.8. The molecule has 0 unspecified atom stereocenters. The van der Waals surface area contributed by atoms with Crippen molar-refractivity contribution < 1.29 is 14.3 Å². The molecule has 0 saturated heterocycles. The summed E-state index contributed by atoms with van der Waals surface area (Å²) < 4.78 is 6.08. The van der Waals surface area contributed by atoms with Crippen LogP contribution in [-0.4, -0.2) is 40.4 Å². The first-order valence-corrected chi connectivity index (χ1v) is 8.11. The van der Waals surface area contributed by atoms with Gasteiger partial charge in [-0.2, -0.15) is 0 Å². The number of thiazole rings is 1. The molecule has 1 aromatic carbocycles. The summed E-state index contributed by atoms with van der Waals surface area (Å²) in [4.78, 5) is 33.7. The molecule has 0 aliphatic carbocycles. The van der Waals surface area contributed by atoms with Crippen LogP contribution in [0.25, 0.3) is 10.2 Å². The normalized spacial score (nSPS) is 10.5. The van der Waals surface area contributed by atoms with E-state index in [1.165, 1.54) is 17.2 Å². The van der Waals surface area contributed by atoms with Gasteiger partial charge in [-0.1, -0.05) is 18.2 Å². The third-order valence-corrected chi connectivity index (χ3v) is 4.36. The maximum Gasteiger partial charge on any atom is 0.357 e. The highest BCUT2D eigenvalue weighted by Gasteiger charge is 2.15. The number of benzene rings is 1. The second-order valence-electron chi connectivity index (χ2n) is 5.12. The Bertz CT molecular complexity index is 831. The van der Waals surface area contributed by atoms with Crippen molar-refractivity contribution in [3.8, 4) is 0 Å². The molecule has 3 rings (SSSR count). The summed E-state index contributed by atoms with van der Waals surface area (Å²) in [6.07, 6.45) is 1.50. The zero-order chi connectivity index (χ0) is 16.9. The summed E-state index contributed by atoms with van der Waals surface area (Å²) in [5.74, 6) is -0.907. The van der Waals surface area contributed by atoms with Crippen LogP contribution in [0.5, 0.6) is 0 Å². The first-order chi connectivity index (χ1) is 11.6. The van der Waals surface area contributed by atoms with Gasteiger partial charge in [-0.05, 0) is 24.3 Å². The highest BCUT2D eigenvalue weighted by atomic mass is 32.1. The van der Waals surface area contributed by atoms with Crippen molar-refractivity contribution in [2.75, 3.05) is 13.7 Å². The van der Waals surface area contributed by atoms with Gasteiger partial charge in [0, 0.05) is 13.2 Å². The van der Waals surface area contributed by atoms with E-state index < -0.39 is 5.97 Å². The number of likely N-dealkylation sites (N-methyl/N-ethyl adjacent to an activating group) is 1. The molecular formula is C17H15N3O3S. The number of ether oxygens (including phenoxy) is 1. The van der Waals surface area contributed by atoms with Crippen LogP contribution in [-0.2, 0) is 16.1 Å². The fourth-order valence-electron chi connectivity index (χ4n) is 2.07. The Labute approximate surface area is 142 Å². The molecule has 0 N–H and O–H groups in total. The van der Waals surface area contributed by atoms with Crippen molar-refractivity contribution in [2.24, 2.45) is 0 Å². The van der Waals surface area contributed by atoms with Crippen molar-refractivity contribution >= 4 is 33.4 Å². The molecule has 3 aromatic rings. The van der Waals surface area contributed by atoms with E-state index in [0.29, 0.717) is 6.54 Å². The number of amides is 1. The lowest BCUT2D eigenvalue weighted by atomic mass is 10.3. The van der Waals surface area contributed by atoms with Gasteiger partial charge in [0.05, 0.1) is 16.8 Å². The number of carbonyl (C=O) groups excluding carboxylic acids is 2. The molecule has 24 heavy (non-hydrogen) atoms. The zero-order valence-electron chi connectivity index (χ0n) is 13.0. The fourth-order valence-corrected chi connectivity index (χ4v) is 3.09. The average molecular weight is 341 g/mol. The summed E-state index contributed by atoms with van der Waals surface area (Å²) in [6, 6.07) is 12.7. The summed E-state index contributed by atoms with van der Waals surface area (Å²) in [5.41, 5.74) is 1.10. The number of pyridine rings is 1. The molecule has 6 nitrogen and oxygen atoms in total. The van der Waals surface area contributed by atoms with Gasteiger partial charge >= 0.3 is 5.97 Å². The van der Waals surface area contributed by atoms with Crippen molar-refractivity contribution in [3.63, 3.8) is 0 Å². The summed E-state index contributed by atoms with van der Waals surface area (Å²) in [7, 11) is 1.66. The molecule has 0 aliphatic heterocycles. The molecule has 1 amide bonds. The molecule has 0 saturated carbocycles. The Morgan fingerprint density at radius 1 is 1.17 bits per heavy atom. The lowest BCUT2D eigenvalue weighted by Gasteiger charge is -2.15. The Morgan fingerprint density at radius 2 is 1.96 bits per heavy atom. The van der Waals surface area contributed by atoms with Gasteiger partial charge < -0.3 is 9.64 Å². The number of nitrogens with zero attached hydrogens (tertiary/aromatic N) is 3. The Balaban J connectivity index is 1.55. The minimum atomic E-state index is -0.614. The molecule has 0 spiro atoms. The second kappa shape index (κ2) is 7.18. The van der Waals surface area contributed by atoms with Gasteiger partial charge in [0.1, 0.15) is 10.7 Å². The van der Waals surface area contributed by atoms with E-state index in [1.54, 1.807) is 30.5 Å². The van der Waals surface area contributed by atoms with E-state index in [0.717, 1.165) is 15.2 Å². The van der Waals surface area contributed by atoms with Crippen LogP contribution < -0.4 is 0 Å². The van der Waals surface area contributed by atoms with E-state index in [4.69, 9.17) is 4.74 Å². The molecule has 0 fully saturated rings. The highest BCUT2D eigenvalue weighted by molar-refractivity contribution is 7.18. The number of rotatable bonds is 5. The maximum atomic E-state index is 12.1. The quantitative estimate of drug-likeness (QED) is 0.667. The fraction of sp³-hybridized carbons (Fsp3) is 0.176. The number of fused-ring (bicyclic) bond motifs is 1. The second-order valence-corrected chi connectivity index (χ2v) is 6.23. The smallest absolute Gasteiger partial charge is 0.357 e. The van der Waals surface area contributed by atoms with Crippen LogP contribution in [0.3, 0.4) is 0 Å². The summed E-state index contributed by atoms with van der Waals surface area (Å²) >= 11 is 1.54. The van der Waals surface area contributed by atoms with E-state index in [1.807, 2.05) is 24.3 Å². The van der Waals surface area contributed by atoms with Gasteiger partial charge in [-0.15, -0.1) is 11.3 Å². The van der Waals surface area contributed by atoms with Crippen LogP contribution in [0.15, 0.2) is 48.7 Å². The largest absolute Gasteiger partial charge is 0.451 e. The van der Waals surface area contributed by atoms with Crippen LogP contribution in [0.1, 0.15) is 15.5 Å². The lowest BCUT2D eigenvalue weighted by Crippen LogP contribution is -2.30. The van der Waals surface area contributed by atoms with E-state index in [2.05, 4.69) is 9.97 Å². The van der Waals surface area contributed by atoms with Gasteiger partial charge in [0.15, 0.2) is 6.61 Å². The van der Waals surface area contributed by atoms with E-state index in [-0.39, 0.29) is 18.2 Å². The van der Waals surface area contributed by atoms with Crippen molar-refractivity contribution in [3.05, 3.63) is 59.4 Å². The van der Waals surface area contributed by atoms with Crippen molar-refractivity contribution in [1.29, 1.82) is 0 Å². The van der Waals surface area contributed by atoms with Crippen LogP contribution in [0.2, 0.25) is 0 Å². The number of aromatic nitrogens is 2. The number of hydrogen-bond acceptors (Lipinski definition) is 6. The Kier molecular flexibility index (Phi) is 4.81. The minimum Gasteiger partial charge on any atom is -0.451 e. The number of esters is 1. The average Bonchev–Trinajstić information content (AvgIpc) is 3.02. The molecule has 0 aliphatic rings. The summed E-state index contributed by atoms with van der Waals surface area (Å²) in [6.45, 7) is 0.0517. The monoisotopic (exact) mass is 341 g/mol. The predicted octanol–water partition coefficient (Wildman–Crippen LogP) is 2.51. The highest BCUT2D eigenvalue weighted by Crippen LogP contribution is 2.22. The van der Waals surface area contributed by atoms with Crippen LogP contribution in [0.4, 0.5) is 0 Å². The predicted molar refractivity (Wildman–Crippen MR) is 90.6 cm³/mol. The Morgan fingerprint density at radius 3 is 2.71 bits per heavy atom.